The summed E-state index contributed by atoms with van der Waals surface area (Å²) in [5.41, 5.74) is 2.54. The predicted octanol–water partition coefficient (Wildman–Crippen LogP) is 4.93. The Morgan fingerprint density at radius 1 is 1.21 bits per heavy atom. The maximum absolute atomic E-state index is 13.0. The fourth-order valence-corrected chi connectivity index (χ4v) is 4.18. The quantitative estimate of drug-likeness (QED) is 0.301. The molecule has 0 atom stereocenters. The van der Waals surface area contributed by atoms with Gasteiger partial charge in [-0.2, -0.15) is 5.26 Å². The van der Waals surface area contributed by atoms with E-state index in [9.17, 15) is 14.9 Å². The highest BCUT2D eigenvalue weighted by atomic mass is 32.2. The van der Waals surface area contributed by atoms with Gasteiger partial charge in [0, 0.05) is 5.56 Å². The van der Waals surface area contributed by atoms with Crippen molar-refractivity contribution in [3.05, 3.63) is 76.2 Å². The Kier molecular flexibility index (Phi) is 7.96. The van der Waals surface area contributed by atoms with Crippen LogP contribution in [0.15, 0.2) is 54.0 Å². The van der Waals surface area contributed by atoms with Crippen LogP contribution >= 0.6 is 11.8 Å². The molecule has 0 radical (unpaired) electrons. The summed E-state index contributed by atoms with van der Waals surface area (Å²) in [5.74, 6) is 3.07. The third-order valence-electron chi connectivity index (χ3n) is 4.76. The van der Waals surface area contributed by atoms with Gasteiger partial charge in [-0.1, -0.05) is 30.2 Å². The zero-order valence-electron chi connectivity index (χ0n) is 18.2. The van der Waals surface area contributed by atoms with Crippen molar-refractivity contribution < 1.29 is 19.1 Å². The van der Waals surface area contributed by atoms with E-state index in [4.69, 9.17) is 15.9 Å². The number of nitriles is 1. The van der Waals surface area contributed by atoms with Crippen LogP contribution in [0, 0.1) is 23.7 Å². The van der Waals surface area contributed by atoms with E-state index in [2.05, 4.69) is 18.6 Å². The molecule has 0 spiro atoms. The molecule has 0 unspecified atom stereocenters. The van der Waals surface area contributed by atoms with Gasteiger partial charge in [-0.25, -0.2) is 0 Å². The van der Waals surface area contributed by atoms with Crippen LogP contribution in [-0.4, -0.2) is 29.3 Å². The van der Waals surface area contributed by atoms with E-state index in [1.807, 2.05) is 13.0 Å². The third kappa shape index (κ3) is 5.46. The van der Waals surface area contributed by atoms with Crippen LogP contribution in [-0.2, 0) is 17.8 Å². The smallest absolute Gasteiger partial charge is 0.293 e. The number of hydrogen-bond donors (Lipinski definition) is 0. The van der Waals surface area contributed by atoms with E-state index in [-0.39, 0.29) is 18.4 Å². The van der Waals surface area contributed by atoms with Crippen LogP contribution in [0.1, 0.15) is 29.2 Å². The fourth-order valence-electron chi connectivity index (χ4n) is 3.34. The summed E-state index contributed by atoms with van der Waals surface area (Å²) in [5, 5.41) is 8.91. The monoisotopic (exact) mass is 458 g/mol. The zero-order chi connectivity index (χ0) is 23.8. The van der Waals surface area contributed by atoms with Gasteiger partial charge in [-0.3, -0.25) is 14.5 Å². The van der Waals surface area contributed by atoms with Crippen LogP contribution in [0.2, 0.25) is 0 Å². The van der Waals surface area contributed by atoms with Crippen LogP contribution < -0.4 is 9.47 Å². The Labute approximate surface area is 197 Å². The van der Waals surface area contributed by atoms with E-state index in [1.165, 1.54) is 0 Å². The summed E-state index contributed by atoms with van der Waals surface area (Å²) >= 11 is 0.863. The lowest BCUT2D eigenvalue weighted by Gasteiger charge is -2.16. The molecular formula is C26H22N2O4S. The molecule has 1 fully saturated rings. The first-order valence-electron chi connectivity index (χ1n) is 10.2. The van der Waals surface area contributed by atoms with E-state index in [1.54, 1.807) is 42.5 Å². The van der Waals surface area contributed by atoms with Gasteiger partial charge in [0.15, 0.2) is 11.5 Å². The van der Waals surface area contributed by atoms with Crippen molar-refractivity contribution in [1.29, 1.82) is 5.26 Å². The number of carbonyl (C=O) groups is 2. The number of nitrogens with zero attached hydrogens (tertiary/aromatic N) is 2. The molecule has 0 saturated carbocycles. The molecule has 6 nitrogen and oxygen atoms in total. The van der Waals surface area contributed by atoms with Crippen molar-refractivity contribution in [3.8, 4) is 29.9 Å². The van der Waals surface area contributed by atoms with Gasteiger partial charge in [-0.05, 0) is 60.5 Å². The van der Waals surface area contributed by atoms with Crippen molar-refractivity contribution in [1.82, 2.24) is 4.90 Å². The van der Waals surface area contributed by atoms with Crippen LogP contribution in [0.5, 0.6) is 11.5 Å². The Hall–Kier alpha value is -3.94. The molecule has 0 bridgehead atoms. The summed E-state index contributed by atoms with van der Waals surface area (Å²) < 4.78 is 11.4. The predicted molar refractivity (Wildman–Crippen MR) is 129 cm³/mol. The van der Waals surface area contributed by atoms with Gasteiger partial charge in [0.2, 0.25) is 0 Å². The molecule has 2 amide bonds. The van der Waals surface area contributed by atoms with Crippen molar-refractivity contribution in [2.45, 2.75) is 19.9 Å². The Morgan fingerprint density at radius 3 is 2.70 bits per heavy atom. The minimum absolute atomic E-state index is 0.0382. The highest BCUT2D eigenvalue weighted by Crippen LogP contribution is 2.38. The summed E-state index contributed by atoms with van der Waals surface area (Å²) in [6.45, 7) is 6.19. The molecule has 7 heteroatoms. The molecule has 33 heavy (non-hydrogen) atoms. The molecule has 3 rings (SSSR count). The van der Waals surface area contributed by atoms with Gasteiger partial charge in [0.05, 0.1) is 29.7 Å². The Balaban J connectivity index is 1.94. The largest absolute Gasteiger partial charge is 0.490 e. The van der Waals surface area contributed by atoms with Crippen LogP contribution in [0.4, 0.5) is 4.79 Å². The van der Waals surface area contributed by atoms with Crippen molar-refractivity contribution >= 4 is 29.0 Å². The Bertz CT molecular complexity index is 1200. The molecule has 0 N–H and O–H groups in total. The molecule has 0 aromatic heterocycles. The number of thioether (sulfide) groups is 1. The first-order chi connectivity index (χ1) is 16.0. The van der Waals surface area contributed by atoms with E-state index in [0.717, 1.165) is 22.2 Å². The highest BCUT2D eigenvalue weighted by molar-refractivity contribution is 8.18. The molecule has 1 saturated heterocycles. The molecule has 2 aromatic rings. The van der Waals surface area contributed by atoms with Crippen molar-refractivity contribution in [2.75, 3.05) is 13.2 Å². The normalized spacial score (nSPS) is 14.2. The molecule has 1 aliphatic heterocycles. The van der Waals surface area contributed by atoms with E-state index in [0.29, 0.717) is 46.1 Å². The first kappa shape index (κ1) is 23.7. The number of carbonyl (C=O) groups excluding carboxylic acids is 2. The third-order valence-corrected chi connectivity index (χ3v) is 5.66. The molecule has 0 aliphatic carbocycles. The molecule has 1 heterocycles. The average molecular weight is 459 g/mol. The summed E-state index contributed by atoms with van der Waals surface area (Å²) in [6, 6.07) is 12.6. The van der Waals surface area contributed by atoms with E-state index >= 15 is 0 Å². The summed E-state index contributed by atoms with van der Waals surface area (Å²) in [4.78, 5) is 27.0. The maximum atomic E-state index is 13.0. The number of imide groups is 1. The standard InChI is InChI=1S/C26H22N2O4S/c1-4-9-19-13-18(14-22(31-6-3)24(19)32-12-5-2)15-23-25(29)28(26(30)33-23)17-21-11-8-7-10-20(21)16-27/h2,4,7-8,10-11,13-15H,1,6,9,12,17H2,3H3/b23-15+. The zero-order valence-corrected chi connectivity index (χ0v) is 19.0. The molecule has 166 valence electrons. The topological polar surface area (TPSA) is 79.6 Å². The lowest BCUT2D eigenvalue weighted by molar-refractivity contribution is -0.123. The SMILES string of the molecule is C#CCOc1c(CC=C)cc(/C=C2/SC(=O)N(Cc3ccccc3C#N)C2=O)cc1OCC. The number of ether oxygens (including phenoxy) is 2. The summed E-state index contributed by atoms with van der Waals surface area (Å²) in [7, 11) is 0. The number of amides is 2. The van der Waals surface area contributed by atoms with Crippen LogP contribution in [0.3, 0.4) is 0 Å². The fraction of sp³-hybridized carbons (Fsp3) is 0.192. The van der Waals surface area contributed by atoms with Crippen molar-refractivity contribution in [3.63, 3.8) is 0 Å². The summed E-state index contributed by atoms with van der Waals surface area (Å²) in [6.07, 6.45) is 9.23. The van der Waals surface area contributed by atoms with Gasteiger partial charge in [0.25, 0.3) is 11.1 Å². The lowest BCUT2D eigenvalue weighted by Crippen LogP contribution is -2.27. The second-order valence-corrected chi connectivity index (χ2v) is 7.96. The minimum Gasteiger partial charge on any atom is -0.490 e. The second-order valence-electron chi connectivity index (χ2n) is 6.96. The number of hydrogen-bond acceptors (Lipinski definition) is 6. The number of rotatable bonds is 9. The first-order valence-corrected chi connectivity index (χ1v) is 11.0. The van der Waals surface area contributed by atoms with Gasteiger partial charge in [0.1, 0.15) is 6.61 Å². The number of terminal acetylenes is 1. The molecule has 2 aromatic carbocycles. The van der Waals surface area contributed by atoms with Crippen molar-refractivity contribution in [2.24, 2.45) is 0 Å². The van der Waals surface area contributed by atoms with Gasteiger partial charge < -0.3 is 9.47 Å². The van der Waals surface area contributed by atoms with Gasteiger partial charge >= 0.3 is 0 Å². The lowest BCUT2D eigenvalue weighted by atomic mass is 10.0. The minimum atomic E-state index is -0.409. The highest BCUT2D eigenvalue weighted by Gasteiger charge is 2.35. The molecular weight excluding hydrogens is 436 g/mol. The average Bonchev–Trinajstić information content (AvgIpc) is 3.06. The molecule has 1 aliphatic rings. The van der Waals surface area contributed by atoms with Gasteiger partial charge in [-0.15, -0.1) is 13.0 Å². The number of allylic oxidation sites excluding steroid dienone is 1. The second kappa shape index (κ2) is 11.1. The Morgan fingerprint density at radius 2 is 2.00 bits per heavy atom. The van der Waals surface area contributed by atoms with E-state index < -0.39 is 5.91 Å². The number of benzene rings is 2. The maximum Gasteiger partial charge on any atom is 0.293 e. The van der Waals surface area contributed by atoms with Crippen LogP contribution in [0.25, 0.3) is 6.08 Å².